The number of pyridine rings is 1. The third-order valence-electron chi connectivity index (χ3n) is 5.07. The fourth-order valence-electron chi connectivity index (χ4n) is 2.92. The van der Waals surface area contributed by atoms with Gasteiger partial charge in [0.05, 0.1) is 11.8 Å². The molecular weight excluding hydrogens is 460 g/mol. The topological polar surface area (TPSA) is 100 Å². The maximum Gasteiger partial charge on any atom is 0.414 e. The summed E-state index contributed by atoms with van der Waals surface area (Å²) in [6.07, 6.45) is 0.880. The zero-order valence-corrected chi connectivity index (χ0v) is 18.7. The van der Waals surface area contributed by atoms with E-state index in [2.05, 4.69) is 15.0 Å². The molecule has 0 radical (unpaired) electrons. The van der Waals surface area contributed by atoms with Crippen molar-refractivity contribution in [3.8, 4) is 17.4 Å². The third-order valence-corrected chi connectivity index (χ3v) is 5.07. The van der Waals surface area contributed by atoms with Gasteiger partial charge >= 0.3 is 12.7 Å². The number of hydrogen-bond donors (Lipinski definition) is 2. The van der Waals surface area contributed by atoms with Crippen LogP contribution in [0.2, 0.25) is 0 Å². The molecule has 1 amide bonds. The molecule has 2 heterocycles. The molecule has 0 spiro atoms. The number of hydrogen-bond acceptors (Lipinski definition) is 6. The van der Waals surface area contributed by atoms with Crippen molar-refractivity contribution in [1.82, 2.24) is 14.7 Å². The SMILES string of the molecule is CCC(C)(N)CNC(=O)Oc1c(C)nc2c(OCc3c(F)cccc3F)cc(OC(F)F)cn12. The van der Waals surface area contributed by atoms with E-state index < -0.39 is 36.5 Å². The van der Waals surface area contributed by atoms with Crippen molar-refractivity contribution >= 4 is 11.7 Å². The van der Waals surface area contributed by atoms with Gasteiger partial charge in [0, 0.05) is 18.2 Å². The van der Waals surface area contributed by atoms with Gasteiger partial charge in [-0.1, -0.05) is 13.0 Å². The summed E-state index contributed by atoms with van der Waals surface area (Å²) in [4.78, 5) is 16.6. The van der Waals surface area contributed by atoms with E-state index in [4.69, 9.17) is 15.2 Å². The second kappa shape index (κ2) is 10.2. The highest BCUT2D eigenvalue weighted by molar-refractivity contribution is 5.71. The summed E-state index contributed by atoms with van der Waals surface area (Å²) in [5, 5.41) is 2.53. The molecule has 3 aromatic rings. The van der Waals surface area contributed by atoms with Gasteiger partial charge in [-0.3, -0.25) is 4.40 Å². The molecule has 0 aliphatic carbocycles. The summed E-state index contributed by atoms with van der Waals surface area (Å²) in [5.74, 6) is -2.25. The molecule has 8 nitrogen and oxygen atoms in total. The highest BCUT2D eigenvalue weighted by atomic mass is 19.3. The fraction of sp³-hybridized carbons (Fsp3) is 0.364. The number of carbonyl (C=O) groups excluding carboxylic acids is 1. The summed E-state index contributed by atoms with van der Waals surface area (Å²) in [6, 6.07) is 4.41. The number of benzene rings is 1. The number of nitrogens with zero attached hydrogens (tertiary/aromatic N) is 2. The maximum absolute atomic E-state index is 14.0. The molecule has 0 aliphatic rings. The first-order valence-electron chi connectivity index (χ1n) is 10.3. The number of nitrogens with one attached hydrogen (secondary N) is 1. The number of imidazole rings is 1. The van der Waals surface area contributed by atoms with E-state index in [-0.39, 0.29) is 40.8 Å². The van der Waals surface area contributed by atoms with Crippen LogP contribution < -0.4 is 25.3 Å². The number of alkyl halides is 2. The number of fused-ring (bicyclic) bond motifs is 1. The van der Waals surface area contributed by atoms with Crippen LogP contribution in [0.1, 0.15) is 31.5 Å². The van der Waals surface area contributed by atoms with Crippen LogP contribution in [0.4, 0.5) is 22.4 Å². The van der Waals surface area contributed by atoms with Crippen LogP contribution in [0.15, 0.2) is 30.5 Å². The number of nitrogens with two attached hydrogens (primary N) is 1. The molecule has 12 heteroatoms. The van der Waals surface area contributed by atoms with Gasteiger partial charge in [-0.25, -0.2) is 18.6 Å². The zero-order chi connectivity index (χ0) is 25.0. The summed E-state index contributed by atoms with van der Waals surface area (Å²) in [6.45, 7) is 1.54. The fourth-order valence-corrected chi connectivity index (χ4v) is 2.92. The van der Waals surface area contributed by atoms with E-state index in [9.17, 15) is 22.4 Å². The predicted molar refractivity (Wildman–Crippen MR) is 114 cm³/mol. The minimum absolute atomic E-state index is 0.0517. The lowest BCUT2D eigenvalue weighted by atomic mass is 10.0. The van der Waals surface area contributed by atoms with E-state index in [0.717, 1.165) is 24.4 Å². The Hall–Kier alpha value is -3.54. The highest BCUT2D eigenvalue weighted by Crippen LogP contribution is 2.32. The van der Waals surface area contributed by atoms with Crippen molar-refractivity contribution in [2.45, 2.75) is 45.9 Å². The predicted octanol–water partition coefficient (Wildman–Crippen LogP) is 4.32. The van der Waals surface area contributed by atoms with Gasteiger partial charge in [-0.15, -0.1) is 0 Å². The summed E-state index contributed by atoms with van der Waals surface area (Å²) in [7, 11) is 0. The van der Waals surface area contributed by atoms with E-state index in [0.29, 0.717) is 6.42 Å². The number of ether oxygens (including phenoxy) is 3. The molecule has 3 N–H and O–H groups in total. The number of carbonyl (C=O) groups is 1. The van der Waals surface area contributed by atoms with Crippen molar-refractivity contribution < 1.29 is 36.6 Å². The quantitative estimate of drug-likeness (QED) is 0.439. The number of rotatable bonds is 9. The van der Waals surface area contributed by atoms with Gasteiger partial charge in [0.15, 0.2) is 11.4 Å². The van der Waals surface area contributed by atoms with Gasteiger partial charge in [0.1, 0.15) is 29.7 Å². The summed E-state index contributed by atoms with van der Waals surface area (Å²) >= 11 is 0. The average molecular weight is 484 g/mol. The lowest BCUT2D eigenvalue weighted by Gasteiger charge is -2.22. The van der Waals surface area contributed by atoms with Crippen LogP contribution in [0.5, 0.6) is 17.4 Å². The van der Waals surface area contributed by atoms with Gasteiger partial charge in [0.25, 0.3) is 0 Å². The summed E-state index contributed by atoms with van der Waals surface area (Å²) < 4.78 is 70.2. The Kier molecular flexibility index (Phi) is 7.50. The minimum Gasteiger partial charge on any atom is -0.485 e. The zero-order valence-electron chi connectivity index (χ0n) is 18.7. The molecule has 1 unspecified atom stereocenters. The van der Waals surface area contributed by atoms with Crippen molar-refractivity contribution in [3.05, 3.63) is 53.4 Å². The number of aryl methyl sites for hydroxylation is 1. The second-order valence-corrected chi connectivity index (χ2v) is 7.85. The molecule has 34 heavy (non-hydrogen) atoms. The van der Waals surface area contributed by atoms with E-state index in [1.165, 1.54) is 17.4 Å². The van der Waals surface area contributed by atoms with Gasteiger partial charge < -0.3 is 25.3 Å². The van der Waals surface area contributed by atoms with Gasteiger partial charge in [-0.05, 0) is 32.4 Å². The molecule has 1 atom stereocenters. The Labute approximate surface area is 192 Å². The minimum atomic E-state index is -3.16. The number of halogens is 4. The normalized spacial score (nSPS) is 13.1. The lowest BCUT2D eigenvalue weighted by molar-refractivity contribution is -0.0502. The van der Waals surface area contributed by atoms with Crippen molar-refractivity contribution in [2.75, 3.05) is 6.54 Å². The third kappa shape index (κ3) is 5.87. The first-order chi connectivity index (χ1) is 16.0. The standard InChI is InChI=1S/C22H24F4N4O4/c1-4-22(3,27)11-28-21(31)34-19-12(2)29-18-17(8-13(9-30(18)19)33-20(25)26)32-10-14-15(23)6-5-7-16(14)24/h5-9,20H,4,10-11,27H2,1-3H3,(H,28,31). The Morgan fingerprint density at radius 3 is 2.59 bits per heavy atom. The maximum atomic E-state index is 14.0. The Morgan fingerprint density at radius 1 is 1.29 bits per heavy atom. The molecule has 1 aromatic carbocycles. The van der Waals surface area contributed by atoms with Gasteiger partial charge in [-0.2, -0.15) is 8.78 Å². The second-order valence-electron chi connectivity index (χ2n) is 7.85. The Balaban J connectivity index is 1.94. The lowest BCUT2D eigenvalue weighted by Crippen LogP contribution is -2.47. The number of amides is 1. The molecule has 0 saturated carbocycles. The van der Waals surface area contributed by atoms with Crippen molar-refractivity contribution in [1.29, 1.82) is 0 Å². The van der Waals surface area contributed by atoms with Crippen molar-refractivity contribution in [2.24, 2.45) is 5.73 Å². The van der Waals surface area contributed by atoms with Gasteiger partial charge in [0.2, 0.25) is 5.88 Å². The Bertz CT molecular complexity index is 1160. The highest BCUT2D eigenvalue weighted by Gasteiger charge is 2.22. The molecule has 2 aromatic heterocycles. The molecule has 0 fully saturated rings. The van der Waals surface area contributed by atoms with Crippen LogP contribution in [0.3, 0.4) is 0 Å². The first-order valence-corrected chi connectivity index (χ1v) is 10.3. The monoisotopic (exact) mass is 484 g/mol. The molecule has 0 aliphatic heterocycles. The van der Waals surface area contributed by atoms with E-state index in [1.807, 2.05) is 6.92 Å². The average Bonchev–Trinajstić information content (AvgIpc) is 3.07. The largest absolute Gasteiger partial charge is 0.485 e. The molecule has 0 bridgehead atoms. The van der Waals surface area contributed by atoms with Crippen LogP contribution in [0, 0.1) is 18.6 Å². The van der Waals surface area contributed by atoms with Crippen LogP contribution in [-0.2, 0) is 6.61 Å². The molecule has 3 rings (SSSR count). The van der Waals surface area contributed by atoms with Crippen LogP contribution >= 0.6 is 0 Å². The van der Waals surface area contributed by atoms with Crippen LogP contribution in [-0.4, -0.2) is 34.2 Å². The van der Waals surface area contributed by atoms with E-state index in [1.54, 1.807) is 6.92 Å². The van der Waals surface area contributed by atoms with Crippen molar-refractivity contribution in [3.63, 3.8) is 0 Å². The number of aromatic nitrogens is 2. The van der Waals surface area contributed by atoms with E-state index >= 15 is 0 Å². The van der Waals surface area contributed by atoms with Crippen LogP contribution in [0.25, 0.3) is 5.65 Å². The summed E-state index contributed by atoms with van der Waals surface area (Å²) in [5.41, 5.74) is 5.25. The molecular formula is C22H24F4N4O4. The smallest absolute Gasteiger partial charge is 0.414 e. The Morgan fingerprint density at radius 2 is 1.97 bits per heavy atom. The molecule has 0 saturated heterocycles. The first kappa shape index (κ1) is 25.1. The molecule has 184 valence electrons.